The number of ether oxygens (including phenoxy) is 1. The molecule has 0 saturated carbocycles. The van der Waals surface area contributed by atoms with Crippen LogP contribution in [0.25, 0.3) is 0 Å². The van der Waals surface area contributed by atoms with Crippen molar-refractivity contribution >= 4 is 5.91 Å². The summed E-state index contributed by atoms with van der Waals surface area (Å²) in [7, 11) is 1.71. The van der Waals surface area contributed by atoms with Gasteiger partial charge in [-0.3, -0.25) is 4.79 Å². The second-order valence-electron chi connectivity index (χ2n) is 5.39. The number of amides is 1. The first-order valence-electron chi connectivity index (χ1n) is 7.39. The molecule has 0 radical (unpaired) electrons. The number of carbonyl (C=O) groups excluding carboxylic acids is 1. The van der Waals surface area contributed by atoms with Crippen molar-refractivity contribution in [3.05, 3.63) is 29.3 Å². The van der Waals surface area contributed by atoms with Crippen molar-refractivity contribution in [3.63, 3.8) is 0 Å². The van der Waals surface area contributed by atoms with Crippen LogP contribution in [0.4, 0.5) is 0 Å². The summed E-state index contributed by atoms with van der Waals surface area (Å²) in [5.41, 5.74) is 7.93. The Morgan fingerprint density at radius 1 is 1.45 bits per heavy atom. The standard InChI is InChI=1S/C16H24N2O2/c1-20-13-8-9-14-12(11-13)5-4-6-15(14)18-10-3-2-7-16(17)19/h8-9,11,15,18H,2-7,10H2,1H3,(H2,17,19). The van der Waals surface area contributed by atoms with E-state index in [1.54, 1.807) is 7.11 Å². The first-order chi connectivity index (χ1) is 9.70. The van der Waals surface area contributed by atoms with E-state index in [1.165, 1.54) is 24.0 Å². The summed E-state index contributed by atoms with van der Waals surface area (Å²) in [5.74, 6) is 0.728. The molecular formula is C16H24N2O2. The average Bonchev–Trinajstić information content (AvgIpc) is 2.46. The molecule has 3 N–H and O–H groups in total. The predicted octanol–water partition coefficient (Wildman–Crippen LogP) is 2.32. The Hall–Kier alpha value is -1.55. The van der Waals surface area contributed by atoms with E-state index in [2.05, 4.69) is 17.4 Å². The third kappa shape index (κ3) is 3.97. The summed E-state index contributed by atoms with van der Waals surface area (Å²) in [5, 5.41) is 3.60. The maximum atomic E-state index is 10.7. The Kier molecular flexibility index (Phi) is 5.41. The number of fused-ring (bicyclic) bond motifs is 1. The number of rotatable bonds is 7. The lowest BCUT2D eigenvalue weighted by atomic mass is 9.87. The van der Waals surface area contributed by atoms with Gasteiger partial charge in [-0.1, -0.05) is 6.07 Å². The number of nitrogens with one attached hydrogen (secondary N) is 1. The third-order valence-corrected chi connectivity index (χ3v) is 3.91. The largest absolute Gasteiger partial charge is 0.497 e. The highest BCUT2D eigenvalue weighted by molar-refractivity contribution is 5.73. The van der Waals surface area contributed by atoms with E-state index in [-0.39, 0.29) is 5.91 Å². The van der Waals surface area contributed by atoms with Crippen LogP contribution in [-0.4, -0.2) is 19.6 Å². The lowest BCUT2D eigenvalue weighted by molar-refractivity contribution is -0.118. The summed E-state index contributed by atoms with van der Waals surface area (Å²) in [6, 6.07) is 6.79. The van der Waals surface area contributed by atoms with Crippen LogP contribution in [0.15, 0.2) is 18.2 Å². The van der Waals surface area contributed by atoms with E-state index in [0.29, 0.717) is 12.5 Å². The van der Waals surface area contributed by atoms with Crippen molar-refractivity contribution in [1.29, 1.82) is 0 Å². The summed E-state index contributed by atoms with van der Waals surface area (Å²) < 4.78 is 5.29. The smallest absolute Gasteiger partial charge is 0.217 e. The van der Waals surface area contributed by atoms with Gasteiger partial charge in [-0.05, 0) is 61.9 Å². The van der Waals surface area contributed by atoms with Gasteiger partial charge in [-0.2, -0.15) is 0 Å². The Bertz CT molecular complexity index is 460. The molecule has 0 bridgehead atoms. The van der Waals surface area contributed by atoms with Crippen molar-refractivity contribution < 1.29 is 9.53 Å². The number of primary amides is 1. The molecule has 0 fully saturated rings. The van der Waals surface area contributed by atoms with Crippen LogP contribution < -0.4 is 15.8 Å². The number of methoxy groups -OCH3 is 1. The molecule has 1 amide bonds. The van der Waals surface area contributed by atoms with Crippen molar-refractivity contribution in [2.75, 3.05) is 13.7 Å². The van der Waals surface area contributed by atoms with Crippen molar-refractivity contribution in [2.45, 2.75) is 44.6 Å². The van der Waals surface area contributed by atoms with Crippen molar-refractivity contribution in [3.8, 4) is 5.75 Å². The van der Waals surface area contributed by atoms with E-state index < -0.39 is 0 Å². The maximum absolute atomic E-state index is 10.7. The van der Waals surface area contributed by atoms with Crippen LogP contribution in [0.1, 0.15) is 49.3 Å². The monoisotopic (exact) mass is 276 g/mol. The summed E-state index contributed by atoms with van der Waals surface area (Å²) in [6.07, 6.45) is 5.86. The maximum Gasteiger partial charge on any atom is 0.217 e. The fourth-order valence-corrected chi connectivity index (χ4v) is 2.83. The highest BCUT2D eigenvalue weighted by Crippen LogP contribution is 2.32. The average molecular weight is 276 g/mol. The van der Waals surface area contributed by atoms with Crippen molar-refractivity contribution in [2.24, 2.45) is 5.73 Å². The number of benzene rings is 1. The van der Waals surface area contributed by atoms with Gasteiger partial charge < -0.3 is 15.8 Å². The molecule has 1 aliphatic rings. The molecule has 1 atom stereocenters. The minimum atomic E-state index is -0.208. The van der Waals surface area contributed by atoms with Gasteiger partial charge in [-0.15, -0.1) is 0 Å². The molecule has 0 heterocycles. The minimum absolute atomic E-state index is 0.208. The van der Waals surface area contributed by atoms with Crippen LogP contribution in [0, 0.1) is 0 Å². The first-order valence-corrected chi connectivity index (χ1v) is 7.39. The number of carbonyl (C=O) groups is 1. The van der Waals surface area contributed by atoms with Crippen LogP contribution in [0.5, 0.6) is 5.75 Å². The predicted molar refractivity (Wildman–Crippen MR) is 79.7 cm³/mol. The van der Waals surface area contributed by atoms with Gasteiger partial charge >= 0.3 is 0 Å². The van der Waals surface area contributed by atoms with E-state index in [1.807, 2.05) is 6.07 Å². The second-order valence-corrected chi connectivity index (χ2v) is 5.39. The zero-order valence-electron chi connectivity index (χ0n) is 12.2. The van der Waals surface area contributed by atoms with Gasteiger partial charge in [0.25, 0.3) is 0 Å². The molecule has 0 aromatic heterocycles. The van der Waals surface area contributed by atoms with Gasteiger partial charge in [0.2, 0.25) is 5.91 Å². The molecule has 1 unspecified atom stereocenters. The molecule has 20 heavy (non-hydrogen) atoms. The van der Waals surface area contributed by atoms with E-state index in [4.69, 9.17) is 10.5 Å². The van der Waals surface area contributed by atoms with Gasteiger partial charge in [0.15, 0.2) is 0 Å². The highest BCUT2D eigenvalue weighted by Gasteiger charge is 2.19. The van der Waals surface area contributed by atoms with Crippen LogP contribution in [-0.2, 0) is 11.2 Å². The minimum Gasteiger partial charge on any atom is -0.497 e. The molecule has 2 rings (SSSR count). The zero-order valence-corrected chi connectivity index (χ0v) is 12.2. The highest BCUT2D eigenvalue weighted by atomic mass is 16.5. The molecule has 1 aliphatic carbocycles. The normalized spacial score (nSPS) is 17.6. The zero-order chi connectivity index (χ0) is 14.4. The van der Waals surface area contributed by atoms with Crippen LogP contribution in [0.3, 0.4) is 0 Å². The van der Waals surface area contributed by atoms with Gasteiger partial charge in [0.05, 0.1) is 7.11 Å². The topological polar surface area (TPSA) is 64.3 Å². The molecule has 4 heteroatoms. The Balaban J connectivity index is 1.87. The molecule has 110 valence electrons. The van der Waals surface area contributed by atoms with Gasteiger partial charge in [-0.25, -0.2) is 0 Å². The van der Waals surface area contributed by atoms with E-state index >= 15 is 0 Å². The van der Waals surface area contributed by atoms with Crippen LogP contribution in [0.2, 0.25) is 0 Å². The summed E-state index contributed by atoms with van der Waals surface area (Å²) in [4.78, 5) is 10.7. The third-order valence-electron chi connectivity index (χ3n) is 3.91. The number of aryl methyl sites for hydroxylation is 1. The number of hydrogen-bond acceptors (Lipinski definition) is 3. The SMILES string of the molecule is COc1ccc2c(c1)CCCC2NCCCCC(N)=O. The second kappa shape index (κ2) is 7.29. The fourth-order valence-electron chi connectivity index (χ4n) is 2.83. The molecule has 0 aliphatic heterocycles. The summed E-state index contributed by atoms with van der Waals surface area (Å²) >= 11 is 0. The van der Waals surface area contributed by atoms with E-state index in [0.717, 1.165) is 31.6 Å². The molecular weight excluding hydrogens is 252 g/mol. The molecule has 4 nitrogen and oxygen atoms in total. The Labute approximate surface area is 120 Å². The Morgan fingerprint density at radius 2 is 2.30 bits per heavy atom. The fraction of sp³-hybridized carbons (Fsp3) is 0.562. The molecule has 0 saturated heterocycles. The van der Waals surface area contributed by atoms with Crippen LogP contribution >= 0.6 is 0 Å². The molecule has 0 spiro atoms. The summed E-state index contributed by atoms with van der Waals surface area (Å²) in [6.45, 7) is 0.934. The van der Waals surface area contributed by atoms with Gasteiger partial charge in [0, 0.05) is 12.5 Å². The quantitative estimate of drug-likeness (QED) is 0.751. The van der Waals surface area contributed by atoms with E-state index in [9.17, 15) is 4.79 Å². The van der Waals surface area contributed by atoms with Gasteiger partial charge in [0.1, 0.15) is 5.75 Å². The molecule has 1 aromatic carbocycles. The number of unbranched alkanes of at least 4 members (excludes halogenated alkanes) is 1. The first kappa shape index (κ1) is 14.9. The lowest BCUT2D eigenvalue weighted by Crippen LogP contribution is -2.26. The lowest BCUT2D eigenvalue weighted by Gasteiger charge is -2.27. The Morgan fingerprint density at radius 3 is 3.05 bits per heavy atom. The van der Waals surface area contributed by atoms with Crippen molar-refractivity contribution in [1.82, 2.24) is 5.32 Å². The number of hydrogen-bond donors (Lipinski definition) is 2. The molecule has 1 aromatic rings. The number of nitrogens with two attached hydrogens (primary N) is 1.